The molecule has 0 aliphatic rings. The summed E-state index contributed by atoms with van der Waals surface area (Å²) in [5.41, 5.74) is 1.13. The molecule has 1 aromatic rings. The fourth-order valence-electron chi connectivity index (χ4n) is 1.52. The van der Waals surface area contributed by atoms with E-state index in [2.05, 4.69) is 5.32 Å². The molecular weight excluding hydrogens is 248 g/mol. The predicted molar refractivity (Wildman–Crippen MR) is 72.1 cm³/mol. The van der Waals surface area contributed by atoms with Crippen molar-refractivity contribution in [3.8, 4) is 0 Å². The van der Waals surface area contributed by atoms with Crippen LogP contribution in [0.25, 0.3) is 0 Å². The lowest BCUT2D eigenvalue weighted by Gasteiger charge is -2.06. The first kappa shape index (κ1) is 15.6. The Morgan fingerprint density at radius 1 is 1.21 bits per heavy atom. The first-order chi connectivity index (χ1) is 9.24. The fourth-order valence-corrected chi connectivity index (χ4v) is 1.52. The third kappa shape index (κ3) is 6.85. The van der Waals surface area contributed by atoms with Gasteiger partial charge in [-0.3, -0.25) is 10.1 Å². The molecule has 0 unspecified atom stereocenters. The normalized spacial score (nSPS) is 10.6. The molecule has 0 radical (unpaired) electrons. The Hall–Kier alpha value is -1.50. The van der Waals surface area contributed by atoms with E-state index in [0.29, 0.717) is 19.8 Å². The van der Waals surface area contributed by atoms with E-state index in [4.69, 9.17) is 9.47 Å². The maximum absolute atomic E-state index is 10.5. The van der Waals surface area contributed by atoms with Crippen LogP contribution in [-0.4, -0.2) is 38.4 Å². The Morgan fingerprint density at radius 2 is 1.95 bits per heavy atom. The molecule has 1 aromatic carbocycles. The van der Waals surface area contributed by atoms with Gasteiger partial charge in [-0.25, -0.2) is 0 Å². The summed E-state index contributed by atoms with van der Waals surface area (Å²) in [6.07, 6.45) is 0.902. The molecule has 0 aliphatic carbocycles. The van der Waals surface area contributed by atoms with Gasteiger partial charge in [0.25, 0.3) is 5.69 Å². The molecule has 0 aromatic heterocycles. The summed E-state index contributed by atoms with van der Waals surface area (Å²) in [6.45, 7) is 3.50. The lowest BCUT2D eigenvalue weighted by molar-refractivity contribution is -0.384. The highest BCUT2D eigenvalue weighted by atomic mass is 16.6. The number of non-ortho nitro benzene ring substituents is 1. The number of rotatable bonds is 10. The second kappa shape index (κ2) is 9.43. The summed E-state index contributed by atoms with van der Waals surface area (Å²) >= 11 is 0. The zero-order chi connectivity index (χ0) is 13.9. The zero-order valence-electron chi connectivity index (χ0n) is 11.1. The Bertz CT molecular complexity index is 367. The Labute approximate surface area is 112 Å². The summed E-state index contributed by atoms with van der Waals surface area (Å²) in [5, 5.41) is 13.7. The summed E-state index contributed by atoms with van der Waals surface area (Å²) in [5.74, 6) is 0. The van der Waals surface area contributed by atoms with Crippen molar-refractivity contribution in [2.45, 2.75) is 13.0 Å². The molecule has 0 bridgehead atoms. The van der Waals surface area contributed by atoms with Crippen molar-refractivity contribution in [2.24, 2.45) is 0 Å². The average Bonchev–Trinajstić information content (AvgIpc) is 2.42. The molecule has 0 spiro atoms. The molecule has 1 rings (SSSR count). The van der Waals surface area contributed by atoms with Crippen LogP contribution in [-0.2, 0) is 16.0 Å². The van der Waals surface area contributed by atoms with E-state index < -0.39 is 4.92 Å². The van der Waals surface area contributed by atoms with E-state index in [1.54, 1.807) is 19.2 Å². The van der Waals surface area contributed by atoms with Gasteiger partial charge in [-0.1, -0.05) is 12.1 Å². The van der Waals surface area contributed by atoms with Crippen LogP contribution in [0, 0.1) is 10.1 Å². The van der Waals surface area contributed by atoms with Crippen molar-refractivity contribution < 1.29 is 14.4 Å². The van der Waals surface area contributed by atoms with Crippen LogP contribution in [0.2, 0.25) is 0 Å². The second-order valence-electron chi connectivity index (χ2n) is 4.06. The van der Waals surface area contributed by atoms with Crippen LogP contribution in [0.4, 0.5) is 5.69 Å². The predicted octanol–water partition coefficient (Wildman–Crippen LogP) is 1.74. The topological polar surface area (TPSA) is 73.6 Å². The van der Waals surface area contributed by atoms with Crippen molar-refractivity contribution in [3.63, 3.8) is 0 Å². The van der Waals surface area contributed by atoms with Crippen LogP contribution in [0.1, 0.15) is 12.0 Å². The van der Waals surface area contributed by atoms with Crippen molar-refractivity contribution in [1.29, 1.82) is 0 Å². The number of ether oxygens (including phenoxy) is 2. The Morgan fingerprint density at radius 3 is 2.58 bits per heavy atom. The molecule has 106 valence electrons. The molecule has 6 nitrogen and oxygen atoms in total. The molecule has 0 fully saturated rings. The highest BCUT2D eigenvalue weighted by molar-refractivity contribution is 5.32. The highest BCUT2D eigenvalue weighted by Gasteiger charge is 2.03. The van der Waals surface area contributed by atoms with Crippen LogP contribution in [0.3, 0.4) is 0 Å². The maximum Gasteiger partial charge on any atom is 0.269 e. The minimum Gasteiger partial charge on any atom is -0.385 e. The van der Waals surface area contributed by atoms with E-state index in [1.165, 1.54) is 12.1 Å². The van der Waals surface area contributed by atoms with Gasteiger partial charge in [-0.2, -0.15) is 0 Å². The van der Waals surface area contributed by atoms with Gasteiger partial charge in [0.15, 0.2) is 0 Å². The molecule has 1 N–H and O–H groups in total. The van der Waals surface area contributed by atoms with Gasteiger partial charge in [0, 0.05) is 45.5 Å². The number of hydrogen-bond donors (Lipinski definition) is 1. The number of hydrogen-bond acceptors (Lipinski definition) is 5. The summed E-state index contributed by atoms with van der Waals surface area (Å²) < 4.78 is 10.3. The van der Waals surface area contributed by atoms with Crippen LogP contribution in [0.15, 0.2) is 24.3 Å². The van der Waals surface area contributed by atoms with Crippen molar-refractivity contribution >= 4 is 5.69 Å². The van der Waals surface area contributed by atoms with Gasteiger partial charge < -0.3 is 14.8 Å². The Balaban J connectivity index is 2.07. The summed E-state index contributed by atoms with van der Waals surface area (Å²) in [4.78, 5) is 10.1. The van der Waals surface area contributed by atoms with Gasteiger partial charge >= 0.3 is 0 Å². The third-order valence-corrected chi connectivity index (χ3v) is 2.54. The van der Waals surface area contributed by atoms with E-state index in [1.807, 2.05) is 0 Å². The van der Waals surface area contributed by atoms with Crippen molar-refractivity contribution in [2.75, 3.05) is 33.5 Å². The smallest absolute Gasteiger partial charge is 0.269 e. The quantitative estimate of drug-likeness (QED) is 0.397. The molecule has 0 aliphatic heterocycles. The van der Waals surface area contributed by atoms with E-state index in [9.17, 15) is 10.1 Å². The summed E-state index contributed by atoms with van der Waals surface area (Å²) in [6, 6.07) is 6.53. The first-order valence-corrected chi connectivity index (χ1v) is 6.25. The number of nitro benzene ring substituents is 1. The lowest BCUT2D eigenvalue weighted by Crippen LogP contribution is -2.19. The molecule has 6 heteroatoms. The standard InChI is InChI=1S/C13H20N2O4/c1-18-8-2-9-19-10-7-14-11-12-3-5-13(6-4-12)15(16)17/h3-6,14H,2,7-11H2,1H3. The number of benzene rings is 1. The highest BCUT2D eigenvalue weighted by Crippen LogP contribution is 2.11. The molecule has 19 heavy (non-hydrogen) atoms. The zero-order valence-corrected chi connectivity index (χ0v) is 11.1. The van der Waals surface area contributed by atoms with Gasteiger partial charge in [0.05, 0.1) is 11.5 Å². The van der Waals surface area contributed by atoms with Crippen LogP contribution in [0.5, 0.6) is 0 Å². The van der Waals surface area contributed by atoms with Crippen LogP contribution >= 0.6 is 0 Å². The SMILES string of the molecule is COCCCOCCNCc1ccc([N+](=O)[O-])cc1. The fraction of sp³-hybridized carbons (Fsp3) is 0.538. The minimum absolute atomic E-state index is 0.116. The van der Waals surface area contributed by atoms with E-state index >= 15 is 0 Å². The third-order valence-electron chi connectivity index (χ3n) is 2.54. The van der Waals surface area contributed by atoms with Gasteiger partial charge in [0.2, 0.25) is 0 Å². The van der Waals surface area contributed by atoms with E-state index in [-0.39, 0.29) is 5.69 Å². The minimum atomic E-state index is -0.398. The van der Waals surface area contributed by atoms with E-state index in [0.717, 1.165) is 25.1 Å². The number of nitrogens with one attached hydrogen (secondary N) is 1. The molecule has 0 heterocycles. The maximum atomic E-state index is 10.5. The molecule has 0 saturated carbocycles. The van der Waals surface area contributed by atoms with Crippen molar-refractivity contribution in [1.82, 2.24) is 5.32 Å². The van der Waals surface area contributed by atoms with Crippen molar-refractivity contribution in [3.05, 3.63) is 39.9 Å². The molecule has 0 amide bonds. The largest absolute Gasteiger partial charge is 0.385 e. The van der Waals surface area contributed by atoms with Gasteiger partial charge in [-0.15, -0.1) is 0 Å². The summed E-state index contributed by atoms with van der Waals surface area (Å²) in [7, 11) is 1.67. The molecule has 0 atom stereocenters. The number of nitro groups is 1. The Kier molecular flexibility index (Phi) is 7.72. The first-order valence-electron chi connectivity index (χ1n) is 6.25. The monoisotopic (exact) mass is 268 g/mol. The molecule has 0 saturated heterocycles. The lowest BCUT2D eigenvalue weighted by atomic mass is 10.2. The number of nitrogens with zero attached hydrogens (tertiary/aromatic N) is 1. The van der Waals surface area contributed by atoms with Gasteiger partial charge in [0.1, 0.15) is 0 Å². The molecular formula is C13H20N2O4. The number of methoxy groups -OCH3 is 1. The van der Waals surface area contributed by atoms with Gasteiger partial charge in [-0.05, 0) is 12.0 Å². The average molecular weight is 268 g/mol. The van der Waals surface area contributed by atoms with Crippen LogP contribution < -0.4 is 5.32 Å². The second-order valence-corrected chi connectivity index (χ2v) is 4.06.